The Kier molecular flexibility index (Phi) is 6.34. The van der Waals surface area contributed by atoms with Crippen LogP contribution in [0.4, 0.5) is 4.39 Å². The fraction of sp³-hybridized carbons (Fsp3) is 0.107. The lowest BCUT2D eigenvalue weighted by Crippen LogP contribution is -2.09. The van der Waals surface area contributed by atoms with Crippen LogP contribution < -0.4 is 4.74 Å². The summed E-state index contributed by atoms with van der Waals surface area (Å²) < 4.78 is 20.0. The lowest BCUT2D eigenvalue weighted by atomic mass is 9.94. The molecule has 1 aromatic heterocycles. The monoisotopic (exact) mass is 471 g/mol. The standard InChI is InChI=1S/C28H22FNO5/c1-15-11-19(29)12-16(2)25(15)26(32)23-14-30-24-13-20(31)6-9-22(24)27(23)35-21-7-4-18(5-8-21)10-17(3)28(33)34/h4-14,31H,1-3H3,(H,33,34)/b17-10+. The van der Waals surface area contributed by atoms with Crippen LogP contribution in [0.5, 0.6) is 17.2 Å². The van der Waals surface area contributed by atoms with Crippen molar-refractivity contribution in [3.63, 3.8) is 0 Å². The summed E-state index contributed by atoms with van der Waals surface area (Å²) in [7, 11) is 0. The third-order valence-electron chi connectivity index (χ3n) is 5.59. The molecule has 0 aliphatic rings. The number of carboxylic acid groups (broad SMARTS) is 1. The van der Waals surface area contributed by atoms with E-state index in [0.717, 1.165) is 0 Å². The first kappa shape index (κ1) is 23.6. The molecule has 0 aliphatic heterocycles. The number of carbonyl (C=O) groups excluding carboxylic acids is 1. The maximum Gasteiger partial charge on any atom is 0.331 e. The van der Waals surface area contributed by atoms with Crippen LogP contribution in [-0.4, -0.2) is 26.9 Å². The van der Waals surface area contributed by atoms with Gasteiger partial charge < -0.3 is 14.9 Å². The number of carbonyl (C=O) groups is 2. The molecule has 176 valence electrons. The van der Waals surface area contributed by atoms with Gasteiger partial charge in [0.05, 0.1) is 11.1 Å². The van der Waals surface area contributed by atoms with Gasteiger partial charge in [0.25, 0.3) is 0 Å². The highest BCUT2D eigenvalue weighted by atomic mass is 19.1. The molecular formula is C28H22FNO5. The van der Waals surface area contributed by atoms with Crippen LogP contribution in [0.15, 0.2) is 66.4 Å². The molecule has 0 fully saturated rings. The maximum absolute atomic E-state index is 13.8. The van der Waals surface area contributed by atoms with Gasteiger partial charge in [0, 0.05) is 28.8 Å². The zero-order valence-electron chi connectivity index (χ0n) is 19.3. The first-order valence-electron chi connectivity index (χ1n) is 10.8. The van der Waals surface area contributed by atoms with E-state index in [1.54, 1.807) is 44.2 Å². The molecule has 4 aromatic rings. The molecule has 0 amide bonds. The van der Waals surface area contributed by atoms with E-state index in [9.17, 15) is 19.1 Å². The van der Waals surface area contributed by atoms with Gasteiger partial charge in [0.1, 0.15) is 23.1 Å². The number of nitrogens with zero attached hydrogens (tertiary/aromatic N) is 1. The van der Waals surface area contributed by atoms with E-state index in [1.807, 2.05) is 0 Å². The topological polar surface area (TPSA) is 96.7 Å². The Morgan fingerprint density at radius 1 is 1.00 bits per heavy atom. The Labute approximate surface area is 201 Å². The largest absolute Gasteiger partial charge is 0.508 e. The molecule has 2 N–H and O–H groups in total. The number of fused-ring (bicyclic) bond motifs is 1. The van der Waals surface area contributed by atoms with Crippen molar-refractivity contribution in [2.45, 2.75) is 20.8 Å². The SMILES string of the molecule is C/C(=C\c1ccc(Oc2c(C(=O)c3c(C)cc(F)cc3C)cnc3cc(O)ccc23)cc1)C(=O)O. The highest BCUT2D eigenvalue weighted by Crippen LogP contribution is 2.36. The van der Waals surface area contributed by atoms with Crippen LogP contribution in [0.25, 0.3) is 17.0 Å². The third kappa shape index (κ3) is 4.89. The highest BCUT2D eigenvalue weighted by molar-refractivity contribution is 6.14. The zero-order valence-corrected chi connectivity index (χ0v) is 19.3. The van der Waals surface area contributed by atoms with Crippen molar-refractivity contribution >= 4 is 28.7 Å². The van der Waals surface area contributed by atoms with Crippen LogP contribution in [-0.2, 0) is 4.79 Å². The Hall–Kier alpha value is -4.52. The molecule has 0 unspecified atom stereocenters. The summed E-state index contributed by atoms with van der Waals surface area (Å²) in [6, 6.07) is 13.9. The van der Waals surface area contributed by atoms with Crippen LogP contribution in [0.3, 0.4) is 0 Å². The molecule has 3 aromatic carbocycles. The predicted octanol–water partition coefficient (Wildman–Crippen LogP) is 6.21. The molecule has 0 radical (unpaired) electrons. The Morgan fingerprint density at radius 3 is 2.29 bits per heavy atom. The number of aromatic hydroxyl groups is 1. The number of phenols is 1. The Bertz CT molecular complexity index is 1480. The van der Waals surface area contributed by atoms with Crippen LogP contribution in [0, 0.1) is 19.7 Å². The Balaban J connectivity index is 1.82. The molecular weight excluding hydrogens is 449 g/mol. The van der Waals surface area contributed by atoms with Gasteiger partial charge in [-0.3, -0.25) is 9.78 Å². The summed E-state index contributed by atoms with van der Waals surface area (Å²) in [5.41, 5.74) is 2.84. The van der Waals surface area contributed by atoms with E-state index in [4.69, 9.17) is 9.84 Å². The smallest absolute Gasteiger partial charge is 0.331 e. The number of hydrogen-bond donors (Lipinski definition) is 2. The Morgan fingerprint density at radius 2 is 1.66 bits per heavy atom. The number of phenolic OH excluding ortho intramolecular Hbond substituents is 1. The normalized spacial score (nSPS) is 11.5. The molecule has 7 heteroatoms. The number of aryl methyl sites for hydroxylation is 2. The molecule has 0 bridgehead atoms. The molecule has 0 spiro atoms. The number of hydrogen-bond acceptors (Lipinski definition) is 5. The number of rotatable bonds is 6. The second-order valence-corrected chi connectivity index (χ2v) is 8.25. The molecule has 0 aliphatic carbocycles. The van der Waals surface area contributed by atoms with Crippen LogP contribution in [0.1, 0.15) is 39.5 Å². The molecule has 0 atom stereocenters. The van der Waals surface area contributed by atoms with Crippen molar-refractivity contribution in [1.82, 2.24) is 4.98 Å². The van der Waals surface area contributed by atoms with Crippen molar-refractivity contribution in [2.75, 3.05) is 0 Å². The van der Waals surface area contributed by atoms with Crippen LogP contribution in [0.2, 0.25) is 0 Å². The van der Waals surface area contributed by atoms with Crippen molar-refractivity contribution in [3.05, 3.63) is 100 Å². The summed E-state index contributed by atoms with van der Waals surface area (Å²) in [6.45, 7) is 4.84. The van der Waals surface area contributed by atoms with Crippen molar-refractivity contribution in [2.24, 2.45) is 0 Å². The number of halogens is 1. The number of ketones is 1. The highest BCUT2D eigenvalue weighted by Gasteiger charge is 2.23. The predicted molar refractivity (Wildman–Crippen MR) is 131 cm³/mol. The van der Waals surface area contributed by atoms with Crippen molar-refractivity contribution < 1.29 is 28.9 Å². The number of pyridine rings is 1. The summed E-state index contributed by atoms with van der Waals surface area (Å²) >= 11 is 0. The van der Waals surface area contributed by atoms with Gasteiger partial charge in [-0.15, -0.1) is 0 Å². The fourth-order valence-electron chi connectivity index (χ4n) is 3.89. The summed E-state index contributed by atoms with van der Waals surface area (Å²) in [5, 5.41) is 19.5. The van der Waals surface area contributed by atoms with E-state index in [2.05, 4.69) is 4.98 Å². The van der Waals surface area contributed by atoms with Crippen molar-refractivity contribution in [1.29, 1.82) is 0 Å². The first-order valence-corrected chi connectivity index (χ1v) is 10.8. The number of aromatic nitrogens is 1. The zero-order chi connectivity index (χ0) is 25.3. The van der Waals surface area contributed by atoms with Gasteiger partial charge in [0.2, 0.25) is 0 Å². The molecule has 4 rings (SSSR count). The van der Waals surface area contributed by atoms with E-state index in [0.29, 0.717) is 38.9 Å². The maximum atomic E-state index is 13.8. The molecule has 6 nitrogen and oxygen atoms in total. The van der Waals surface area contributed by atoms with E-state index < -0.39 is 11.8 Å². The fourth-order valence-corrected chi connectivity index (χ4v) is 3.89. The lowest BCUT2D eigenvalue weighted by molar-refractivity contribution is -0.132. The lowest BCUT2D eigenvalue weighted by Gasteiger charge is -2.15. The van der Waals surface area contributed by atoms with Gasteiger partial charge in [-0.1, -0.05) is 12.1 Å². The summed E-state index contributed by atoms with van der Waals surface area (Å²) in [4.78, 5) is 29.0. The quantitative estimate of drug-likeness (QED) is 0.256. The third-order valence-corrected chi connectivity index (χ3v) is 5.59. The molecule has 35 heavy (non-hydrogen) atoms. The number of carboxylic acids is 1. The van der Waals surface area contributed by atoms with Gasteiger partial charge in [-0.2, -0.15) is 0 Å². The number of aliphatic carboxylic acids is 1. The number of benzene rings is 3. The van der Waals surface area contributed by atoms with Crippen molar-refractivity contribution in [3.8, 4) is 17.2 Å². The number of ether oxygens (including phenoxy) is 1. The summed E-state index contributed by atoms with van der Waals surface area (Å²) in [6.07, 6.45) is 2.92. The van der Waals surface area contributed by atoms with Gasteiger partial charge in [-0.25, -0.2) is 9.18 Å². The van der Waals surface area contributed by atoms with E-state index in [-0.39, 0.29) is 28.4 Å². The second kappa shape index (κ2) is 9.38. The minimum atomic E-state index is -1.01. The summed E-state index contributed by atoms with van der Waals surface area (Å²) in [5.74, 6) is -1.12. The molecule has 0 saturated heterocycles. The minimum Gasteiger partial charge on any atom is -0.508 e. The second-order valence-electron chi connectivity index (χ2n) is 8.25. The van der Waals surface area contributed by atoms with E-state index >= 15 is 0 Å². The molecule has 1 heterocycles. The minimum absolute atomic E-state index is 0.0187. The average molecular weight is 471 g/mol. The first-order chi connectivity index (χ1) is 16.6. The molecule has 0 saturated carbocycles. The van der Waals surface area contributed by atoms with Gasteiger partial charge in [-0.05, 0) is 79.9 Å². The van der Waals surface area contributed by atoms with E-state index in [1.165, 1.54) is 43.5 Å². The van der Waals surface area contributed by atoms with Gasteiger partial charge in [0.15, 0.2) is 5.78 Å². The van der Waals surface area contributed by atoms with Gasteiger partial charge >= 0.3 is 5.97 Å². The van der Waals surface area contributed by atoms with Crippen LogP contribution >= 0.6 is 0 Å². The average Bonchev–Trinajstić information content (AvgIpc) is 2.79.